The average Bonchev–Trinajstić information content (AvgIpc) is 2.97. The number of aromatic nitrogens is 4. The number of nitrogens with zero attached hydrogens (tertiary/aromatic N) is 4. The number of fused-ring (bicyclic) bond motifs is 1. The van der Waals surface area contributed by atoms with E-state index in [1.54, 1.807) is 6.33 Å². The Labute approximate surface area is 134 Å². The van der Waals surface area contributed by atoms with Gasteiger partial charge in [0, 0.05) is 5.30 Å². The van der Waals surface area contributed by atoms with Crippen LogP contribution in [0.5, 0.6) is 0 Å². The van der Waals surface area contributed by atoms with E-state index < -0.39 is 0 Å². The van der Waals surface area contributed by atoms with Gasteiger partial charge in [-0.2, -0.15) is 0 Å². The molecule has 0 aliphatic carbocycles. The topological polar surface area (TPSA) is 95.9 Å². The normalized spacial score (nSPS) is 12.7. The molecule has 0 aliphatic rings. The lowest BCUT2D eigenvalue weighted by Crippen LogP contribution is -2.17. The number of rotatable bonds is 6. The van der Waals surface area contributed by atoms with Crippen molar-refractivity contribution in [3.63, 3.8) is 0 Å². The molecule has 1 unspecified atom stereocenters. The summed E-state index contributed by atoms with van der Waals surface area (Å²) < 4.78 is 18.9. The van der Waals surface area contributed by atoms with Crippen LogP contribution in [0.25, 0.3) is 11.2 Å². The lowest BCUT2D eigenvalue weighted by atomic mass is 10.2. The van der Waals surface area contributed by atoms with Crippen molar-refractivity contribution in [2.24, 2.45) is 0 Å². The number of nitrogens with two attached hydrogens (primary N) is 1. The van der Waals surface area contributed by atoms with E-state index >= 15 is 0 Å². The highest BCUT2D eigenvalue weighted by Gasteiger charge is 2.11. The van der Waals surface area contributed by atoms with Crippen molar-refractivity contribution >= 4 is 30.7 Å². The van der Waals surface area contributed by atoms with E-state index in [-0.39, 0.29) is 14.6 Å². The zero-order valence-corrected chi connectivity index (χ0v) is 13.5. The number of anilines is 1. The molecule has 0 amide bonds. The Morgan fingerprint density at radius 3 is 2.96 bits per heavy atom. The van der Waals surface area contributed by atoms with Gasteiger partial charge in [-0.25, -0.2) is 15.0 Å². The van der Waals surface area contributed by atoms with Crippen LogP contribution in [0.4, 0.5) is 5.82 Å². The molecule has 0 fully saturated rings. The maximum atomic E-state index is 11.1. The van der Waals surface area contributed by atoms with Crippen LogP contribution >= 0.6 is 8.46 Å². The summed E-state index contributed by atoms with van der Waals surface area (Å²) in [4.78, 5) is 12.4. The van der Waals surface area contributed by atoms with Crippen molar-refractivity contribution in [3.8, 4) is 0 Å². The lowest BCUT2D eigenvalue weighted by molar-refractivity contribution is 0.0429. The number of ether oxygens (including phenoxy) is 1. The second kappa shape index (κ2) is 6.81. The Morgan fingerprint density at radius 1 is 1.30 bits per heavy atom. The molecule has 0 saturated heterocycles. The summed E-state index contributed by atoms with van der Waals surface area (Å²) in [5.41, 5.74) is 7.97. The fraction of sp³-hybridized carbons (Fsp3) is 0.267. The third-order valence-electron chi connectivity index (χ3n) is 3.50. The largest absolute Gasteiger partial charge is 0.382 e. The lowest BCUT2D eigenvalue weighted by Gasteiger charge is -2.14. The van der Waals surface area contributed by atoms with Crippen LogP contribution in [0, 0.1) is 0 Å². The predicted octanol–water partition coefficient (Wildman–Crippen LogP) is 1.93. The maximum absolute atomic E-state index is 11.1. The van der Waals surface area contributed by atoms with Crippen LogP contribution in [0.2, 0.25) is 0 Å². The quantitative estimate of drug-likeness (QED) is 0.694. The molecule has 8 heteroatoms. The van der Waals surface area contributed by atoms with Gasteiger partial charge in [-0.05, 0) is 18.6 Å². The summed E-state index contributed by atoms with van der Waals surface area (Å²) in [6.07, 6.45) is 3.03. The summed E-state index contributed by atoms with van der Waals surface area (Å²) in [7, 11) is 0.0000823. The molecular formula is C15H16N5O2P. The molecule has 3 rings (SSSR count). The van der Waals surface area contributed by atoms with Gasteiger partial charge in [-0.3, -0.25) is 4.57 Å². The van der Waals surface area contributed by atoms with Gasteiger partial charge < -0.3 is 15.0 Å². The van der Waals surface area contributed by atoms with E-state index in [1.807, 2.05) is 35.8 Å². The standard InChI is InChI=1S/C15H16N5O2P/c1-10(22-7-11-4-2-3-5-12(11)23-21)6-20-9-19-13-14(16)17-8-18-15(13)20/h2-5,8-10H,6-7H2,1H3,(H2,16,17,18). The molecule has 0 radical (unpaired) electrons. The number of hydrogen-bond donors (Lipinski definition) is 1. The first kappa shape index (κ1) is 15.5. The highest BCUT2D eigenvalue weighted by atomic mass is 31.1. The molecule has 1 aromatic carbocycles. The van der Waals surface area contributed by atoms with Crippen molar-refractivity contribution in [2.75, 3.05) is 5.73 Å². The molecule has 3 aromatic rings. The monoisotopic (exact) mass is 329 g/mol. The first-order chi connectivity index (χ1) is 11.2. The van der Waals surface area contributed by atoms with Gasteiger partial charge in [0.05, 0.1) is 25.6 Å². The van der Waals surface area contributed by atoms with Crippen molar-refractivity contribution < 1.29 is 9.30 Å². The zero-order valence-electron chi connectivity index (χ0n) is 12.6. The van der Waals surface area contributed by atoms with Gasteiger partial charge in [0.25, 0.3) is 0 Å². The first-order valence-electron chi connectivity index (χ1n) is 7.13. The summed E-state index contributed by atoms with van der Waals surface area (Å²) in [5.74, 6) is 0.366. The zero-order chi connectivity index (χ0) is 16.2. The van der Waals surface area contributed by atoms with Gasteiger partial charge in [-0.1, -0.05) is 18.2 Å². The van der Waals surface area contributed by atoms with Gasteiger partial charge in [-0.15, -0.1) is 0 Å². The van der Waals surface area contributed by atoms with E-state index in [0.717, 1.165) is 10.9 Å². The minimum Gasteiger partial charge on any atom is -0.382 e. The minimum absolute atomic E-state index is 0.0000823. The van der Waals surface area contributed by atoms with Crippen molar-refractivity contribution in [3.05, 3.63) is 42.5 Å². The summed E-state index contributed by atoms with van der Waals surface area (Å²) in [6, 6.07) is 7.49. The fourth-order valence-electron chi connectivity index (χ4n) is 2.32. The minimum atomic E-state index is -0.0695. The summed E-state index contributed by atoms with van der Waals surface area (Å²) in [5, 5.41) is 0.744. The SMILES string of the molecule is CC(Cn1cnc2c(N)ncnc21)OCc1ccccc1P=O. The average molecular weight is 329 g/mol. The van der Waals surface area contributed by atoms with E-state index in [0.29, 0.717) is 30.1 Å². The first-order valence-corrected chi connectivity index (χ1v) is 7.94. The molecule has 23 heavy (non-hydrogen) atoms. The molecule has 2 N–H and O–H groups in total. The van der Waals surface area contributed by atoms with E-state index in [1.165, 1.54) is 6.33 Å². The Kier molecular flexibility index (Phi) is 4.60. The Hall–Kier alpha value is -2.37. The van der Waals surface area contributed by atoms with Crippen LogP contribution in [0.3, 0.4) is 0 Å². The maximum Gasteiger partial charge on any atom is 0.192 e. The van der Waals surface area contributed by atoms with Crippen LogP contribution in [-0.4, -0.2) is 25.6 Å². The second-order valence-corrected chi connectivity index (χ2v) is 5.83. The predicted molar refractivity (Wildman–Crippen MR) is 87.7 cm³/mol. The number of imidazole rings is 1. The fourth-order valence-corrected chi connectivity index (χ4v) is 2.72. The molecular weight excluding hydrogens is 313 g/mol. The molecule has 2 heterocycles. The number of hydrogen-bond acceptors (Lipinski definition) is 6. The van der Waals surface area contributed by atoms with Gasteiger partial charge in [0.2, 0.25) is 0 Å². The second-order valence-electron chi connectivity index (χ2n) is 5.17. The Bertz CT molecular complexity index is 836. The highest BCUT2D eigenvalue weighted by molar-refractivity contribution is 7.34. The molecule has 7 nitrogen and oxygen atoms in total. The van der Waals surface area contributed by atoms with Gasteiger partial charge in [0.1, 0.15) is 11.8 Å². The molecule has 0 aliphatic heterocycles. The molecule has 0 spiro atoms. The summed E-state index contributed by atoms with van der Waals surface area (Å²) >= 11 is 0. The van der Waals surface area contributed by atoms with Gasteiger partial charge >= 0.3 is 0 Å². The third-order valence-corrected chi connectivity index (χ3v) is 4.13. The Balaban J connectivity index is 1.68. The van der Waals surface area contributed by atoms with Crippen molar-refractivity contribution in [2.45, 2.75) is 26.2 Å². The van der Waals surface area contributed by atoms with Crippen LogP contribution in [-0.2, 0) is 22.5 Å². The molecule has 0 bridgehead atoms. The molecule has 1 atom stereocenters. The van der Waals surface area contributed by atoms with Crippen molar-refractivity contribution in [1.29, 1.82) is 0 Å². The summed E-state index contributed by atoms with van der Waals surface area (Å²) in [6.45, 7) is 2.95. The van der Waals surface area contributed by atoms with Crippen LogP contribution in [0.15, 0.2) is 36.9 Å². The third kappa shape index (κ3) is 3.36. The Morgan fingerprint density at radius 2 is 2.13 bits per heavy atom. The number of nitrogen functional groups attached to an aromatic ring is 1. The number of benzene rings is 1. The molecule has 0 saturated carbocycles. The smallest absolute Gasteiger partial charge is 0.192 e. The van der Waals surface area contributed by atoms with Crippen molar-refractivity contribution in [1.82, 2.24) is 19.5 Å². The van der Waals surface area contributed by atoms with Gasteiger partial charge in [0.15, 0.2) is 19.9 Å². The van der Waals surface area contributed by atoms with Crippen LogP contribution in [0.1, 0.15) is 12.5 Å². The van der Waals surface area contributed by atoms with E-state index in [9.17, 15) is 4.57 Å². The van der Waals surface area contributed by atoms with E-state index in [4.69, 9.17) is 10.5 Å². The van der Waals surface area contributed by atoms with Crippen LogP contribution < -0.4 is 11.0 Å². The highest BCUT2D eigenvalue weighted by Crippen LogP contribution is 2.15. The molecule has 118 valence electrons. The van der Waals surface area contributed by atoms with E-state index in [2.05, 4.69) is 15.0 Å². The molecule has 2 aromatic heterocycles.